The molecule has 0 aromatic heterocycles. The van der Waals surface area contributed by atoms with Gasteiger partial charge in [0.25, 0.3) is 0 Å². The largest absolute Gasteiger partial charge is 0.358 e. The van der Waals surface area contributed by atoms with Gasteiger partial charge >= 0.3 is 0 Å². The van der Waals surface area contributed by atoms with E-state index < -0.39 is 0 Å². The molecule has 0 spiro atoms. The number of nitrogens with one attached hydrogen (secondary N) is 3. The first-order valence-electron chi connectivity index (χ1n) is 7.64. The maximum Gasteiger partial charge on any atom is 0.242 e. The van der Waals surface area contributed by atoms with Crippen LogP contribution < -0.4 is 16.2 Å². The Bertz CT molecular complexity index is 521. The molecule has 0 radical (unpaired) electrons. The summed E-state index contributed by atoms with van der Waals surface area (Å²) in [5.41, 5.74) is 6.04. The summed E-state index contributed by atoms with van der Waals surface area (Å²) in [5, 5.41) is 3.69. The third-order valence-electron chi connectivity index (χ3n) is 4.02. The third-order valence-corrected chi connectivity index (χ3v) is 4.24. The Balaban J connectivity index is 1.71. The number of hydrogen-bond donors (Lipinski definition) is 3. The Labute approximate surface area is 135 Å². The molecule has 1 aromatic carbocycles. The van der Waals surface area contributed by atoms with E-state index in [0.29, 0.717) is 17.1 Å². The molecule has 4 nitrogen and oxygen atoms in total. The zero-order valence-corrected chi connectivity index (χ0v) is 13.5. The van der Waals surface area contributed by atoms with E-state index in [1.165, 1.54) is 31.4 Å². The van der Waals surface area contributed by atoms with E-state index >= 15 is 0 Å². The van der Waals surface area contributed by atoms with Gasteiger partial charge in [0.2, 0.25) is 5.91 Å². The van der Waals surface area contributed by atoms with Gasteiger partial charge in [0, 0.05) is 6.04 Å². The standard InChI is InChI=1S/C16H22FN3OS/c1-11-4-2-3-5-14(11)18-16(22)20-19-15(21)10-12-6-8-13(17)9-7-12/h6-9,11,14H,2-5,10H2,1H3,(H,19,21)(H2,18,20,22)/t11-,14-/m1/s1. The van der Waals surface area contributed by atoms with Gasteiger partial charge in [-0.25, -0.2) is 4.39 Å². The number of carbonyl (C=O) groups excluding carboxylic acids is 1. The maximum absolute atomic E-state index is 12.8. The molecule has 120 valence electrons. The van der Waals surface area contributed by atoms with Crippen molar-refractivity contribution in [2.75, 3.05) is 0 Å². The number of amides is 1. The van der Waals surface area contributed by atoms with E-state index in [0.717, 1.165) is 12.0 Å². The van der Waals surface area contributed by atoms with Crippen LogP contribution in [0.2, 0.25) is 0 Å². The topological polar surface area (TPSA) is 53.2 Å². The minimum atomic E-state index is -0.311. The minimum absolute atomic E-state index is 0.176. The van der Waals surface area contributed by atoms with Crippen LogP contribution in [0, 0.1) is 11.7 Å². The van der Waals surface area contributed by atoms with Gasteiger partial charge in [-0.15, -0.1) is 0 Å². The highest BCUT2D eigenvalue weighted by Crippen LogP contribution is 2.23. The van der Waals surface area contributed by atoms with Crippen LogP contribution in [0.1, 0.15) is 38.2 Å². The van der Waals surface area contributed by atoms with Gasteiger partial charge < -0.3 is 5.32 Å². The van der Waals surface area contributed by atoms with Gasteiger partial charge in [-0.3, -0.25) is 15.6 Å². The number of hydrazine groups is 1. The third kappa shape index (κ3) is 5.26. The van der Waals surface area contributed by atoms with Gasteiger partial charge in [-0.2, -0.15) is 0 Å². The lowest BCUT2D eigenvalue weighted by Crippen LogP contribution is -2.51. The summed E-state index contributed by atoms with van der Waals surface area (Å²) in [6, 6.07) is 6.23. The van der Waals surface area contributed by atoms with Crippen LogP contribution in [0.15, 0.2) is 24.3 Å². The molecule has 1 amide bonds. The summed E-state index contributed by atoms with van der Waals surface area (Å²) >= 11 is 5.20. The van der Waals surface area contributed by atoms with Crippen molar-refractivity contribution >= 4 is 23.2 Å². The summed E-state index contributed by atoms with van der Waals surface area (Å²) in [4.78, 5) is 11.8. The molecule has 0 heterocycles. The Morgan fingerprint density at radius 2 is 1.91 bits per heavy atom. The molecular formula is C16H22FN3OS. The highest BCUT2D eigenvalue weighted by atomic mass is 32.1. The average molecular weight is 323 g/mol. The molecule has 1 aromatic rings. The molecule has 0 aliphatic heterocycles. The molecule has 0 bridgehead atoms. The second-order valence-electron chi connectivity index (χ2n) is 5.82. The molecule has 1 saturated carbocycles. The monoisotopic (exact) mass is 323 g/mol. The maximum atomic E-state index is 12.8. The van der Waals surface area contributed by atoms with Crippen molar-refractivity contribution < 1.29 is 9.18 Å². The Morgan fingerprint density at radius 3 is 2.59 bits per heavy atom. The van der Waals surface area contributed by atoms with E-state index in [2.05, 4.69) is 23.1 Å². The molecule has 1 fully saturated rings. The lowest BCUT2D eigenvalue weighted by atomic mass is 9.86. The van der Waals surface area contributed by atoms with Gasteiger partial charge in [0.15, 0.2) is 5.11 Å². The zero-order chi connectivity index (χ0) is 15.9. The fourth-order valence-corrected chi connectivity index (χ4v) is 2.90. The van der Waals surface area contributed by atoms with Crippen molar-refractivity contribution in [1.82, 2.24) is 16.2 Å². The van der Waals surface area contributed by atoms with Crippen molar-refractivity contribution in [3.63, 3.8) is 0 Å². The smallest absolute Gasteiger partial charge is 0.242 e. The predicted molar refractivity (Wildman–Crippen MR) is 88.5 cm³/mol. The molecule has 0 saturated heterocycles. The van der Waals surface area contributed by atoms with Crippen molar-refractivity contribution in [3.8, 4) is 0 Å². The molecule has 2 rings (SSSR count). The Hall–Kier alpha value is -1.69. The van der Waals surface area contributed by atoms with Crippen molar-refractivity contribution in [3.05, 3.63) is 35.6 Å². The molecule has 2 atom stereocenters. The summed E-state index contributed by atoms with van der Waals surface area (Å²) in [6.45, 7) is 2.21. The predicted octanol–water partition coefficient (Wildman–Crippen LogP) is 2.44. The van der Waals surface area contributed by atoms with Crippen LogP contribution in [-0.4, -0.2) is 17.1 Å². The first kappa shape index (κ1) is 16.7. The number of thiocarbonyl (C=S) groups is 1. The molecule has 1 aliphatic carbocycles. The van der Waals surface area contributed by atoms with E-state index in [-0.39, 0.29) is 18.1 Å². The van der Waals surface area contributed by atoms with Crippen molar-refractivity contribution in [1.29, 1.82) is 0 Å². The van der Waals surface area contributed by atoms with Gasteiger partial charge in [-0.1, -0.05) is 31.9 Å². The van der Waals surface area contributed by atoms with Crippen LogP contribution in [0.4, 0.5) is 4.39 Å². The second kappa shape index (κ2) is 8.08. The first-order valence-corrected chi connectivity index (χ1v) is 8.05. The van der Waals surface area contributed by atoms with Gasteiger partial charge in [-0.05, 0) is 48.7 Å². The summed E-state index contributed by atoms with van der Waals surface area (Å²) in [7, 11) is 0. The molecule has 6 heteroatoms. The van der Waals surface area contributed by atoms with E-state index in [9.17, 15) is 9.18 Å². The highest BCUT2D eigenvalue weighted by molar-refractivity contribution is 7.80. The van der Waals surface area contributed by atoms with Crippen LogP contribution >= 0.6 is 12.2 Å². The number of carbonyl (C=O) groups is 1. The van der Waals surface area contributed by atoms with E-state index in [4.69, 9.17) is 12.2 Å². The Kier molecular flexibility index (Phi) is 6.12. The van der Waals surface area contributed by atoms with Crippen LogP contribution in [0.3, 0.4) is 0 Å². The number of benzene rings is 1. The summed E-state index contributed by atoms with van der Waals surface area (Å²) in [6.07, 6.45) is 4.97. The van der Waals surface area contributed by atoms with Crippen LogP contribution in [0.25, 0.3) is 0 Å². The number of hydrogen-bond acceptors (Lipinski definition) is 2. The number of rotatable bonds is 3. The fourth-order valence-electron chi connectivity index (χ4n) is 2.69. The van der Waals surface area contributed by atoms with E-state index in [1.807, 2.05) is 0 Å². The van der Waals surface area contributed by atoms with Crippen molar-refractivity contribution in [2.24, 2.45) is 5.92 Å². The normalized spacial score (nSPS) is 21.0. The lowest BCUT2D eigenvalue weighted by molar-refractivity contribution is -0.121. The second-order valence-corrected chi connectivity index (χ2v) is 6.23. The van der Waals surface area contributed by atoms with Gasteiger partial charge in [0.1, 0.15) is 5.82 Å². The molecule has 0 unspecified atom stereocenters. The van der Waals surface area contributed by atoms with E-state index in [1.54, 1.807) is 12.1 Å². The summed E-state index contributed by atoms with van der Waals surface area (Å²) in [5.74, 6) is 0.0603. The molecule has 3 N–H and O–H groups in total. The van der Waals surface area contributed by atoms with Gasteiger partial charge in [0.05, 0.1) is 6.42 Å². The molecular weight excluding hydrogens is 301 g/mol. The van der Waals surface area contributed by atoms with Crippen molar-refractivity contribution in [2.45, 2.75) is 45.1 Å². The number of halogens is 1. The highest BCUT2D eigenvalue weighted by Gasteiger charge is 2.21. The minimum Gasteiger partial charge on any atom is -0.358 e. The summed E-state index contributed by atoms with van der Waals surface area (Å²) < 4.78 is 12.8. The molecule has 1 aliphatic rings. The Morgan fingerprint density at radius 1 is 1.23 bits per heavy atom. The fraction of sp³-hybridized carbons (Fsp3) is 0.500. The SMILES string of the molecule is C[C@@H]1CCCC[C@H]1NC(=S)NNC(=O)Cc1ccc(F)cc1. The first-order chi connectivity index (χ1) is 10.5. The lowest BCUT2D eigenvalue weighted by Gasteiger charge is -2.30. The average Bonchev–Trinajstić information content (AvgIpc) is 2.50. The molecule has 22 heavy (non-hydrogen) atoms. The zero-order valence-electron chi connectivity index (χ0n) is 12.7. The van der Waals surface area contributed by atoms with Crippen LogP contribution in [0.5, 0.6) is 0 Å². The van der Waals surface area contributed by atoms with Crippen LogP contribution in [-0.2, 0) is 11.2 Å². The quantitative estimate of drug-likeness (QED) is 0.591.